The van der Waals surface area contributed by atoms with E-state index in [1.165, 1.54) is 6.26 Å². The largest absolute Gasteiger partial charge is 0.388 e. The number of halogens is 1. The molecule has 3 nitrogen and oxygen atoms in total. The molecule has 0 heterocycles. The van der Waals surface area contributed by atoms with E-state index >= 15 is 0 Å². The molecule has 1 atom stereocenters. The van der Waals surface area contributed by atoms with Crippen molar-refractivity contribution in [2.24, 2.45) is 0 Å². The summed E-state index contributed by atoms with van der Waals surface area (Å²) >= 11 is 3.48. The van der Waals surface area contributed by atoms with Crippen molar-refractivity contribution in [2.45, 2.75) is 32.8 Å². The van der Waals surface area contributed by atoms with Gasteiger partial charge in [0, 0.05) is 16.5 Å². The van der Waals surface area contributed by atoms with Crippen LogP contribution >= 0.6 is 15.9 Å². The predicted octanol–water partition coefficient (Wildman–Crippen LogP) is 2.92. The van der Waals surface area contributed by atoms with Gasteiger partial charge in [0.2, 0.25) is 0 Å². The van der Waals surface area contributed by atoms with Gasteiger partial charge in [0.15, 0.2) is 0 Å². The smallest absolute Gasteiger partial charge is 0.147 e. The summed E-state index contributed by atoms with van der Waals surface area (Å²) in [5.74, 6) is 0.124. The average Bonchev–Trinajstić information content (AvgIpc) is 2.23. The van der Waals surface area contributed by atoms with Crippen LogP contribution in [-0.4, -0.2) is 25.5 Å². The van der Waals surface area contributed by atoms with Crippen molar-refractivity contribution in [3.05, 3.63) is 33.3 Å². The van der Waals surface area contributed by atoms with Crippen molar-refractivity contribution in [1.82, 2.24) is 0 Å². The standard InChI is InChI=1S/C13H19BrO3S/c1-9-7-11(8-10(2)13(9)14)12(15)5-4-6-18(3,16)17/h7-8,12,15H,4-6H2,1-3H3. The van der Waals surface area contributed by atoms with Crippen LogP contribution in [-0.2, 0) is 9.84 Å². The van der Waals surface area contributed by atoms with Gasteiger partial charge in [-0.1, -0.05) is 28.1 Å². The Morgan fingerprint density at radius 3 is 2.22 bits per heavy atom. The number of rotatable bonds is 5. The first-order valence-electron chi connectivity index (χ1n) is 5.83. The first kappa shape index (κ1) is 15.7. The molecular weight excluding hydrogens is 316 g/mol. The molecule has 0 bridgehead atoms. The second kappa shape index (κ2) is 6.17. The second-order valence-corrected chi connectivity index (χ2v) is 7.81. The first-order chi connectivity index (χ1) is 8.20. The minimum absolute atomic E-state index is 0.124. The minimum atomic E-state index is -2.94. The zero-order valence-corrected chi connectivity index (χ0v) is 13.3. The first-order valence-corrected chi connectivity index (χ1v) is 8.68. The molecule has 5 heteroatoms. The van der Waals surface area contributed by atoms with E-state index in [4.69, 9.17) is 0 Å². The van der Waals surface area contributed by atoms with Gasteiger partial charge in [0.1, 0.15) is 9.84 Å². The minimum Gasteiger partial charge on any atom is -0.388 e. The third kappa shape index (κ3) is 4.71. The molecular formula is C13H19BrO3S. The number of aliphatic hydroxyl groups is 1. The van der Waals surface area contributed by atoms with E-state index in [9.17, 15) is 13.5 Å². The van der Waals surface area contributed by atoms with Gasteiger partial charge in [0.05, 0.1) is 6.10 Å². The highest BCUT2D eigenvalue weighted by atomic mass is 79.9. The van der Waals surface area contributed by atoms with E-state index < -0.39 is 15.9 Å². The molecule has 1 unspecified atom stereocenters. The molecule has 1 N–H and O–H groups in total. The topological polar surface area (TPSA) is 54.4 Å². The molecule has 1 aromatic carbocycles. The Hall–Kier alpha value is -0.390. The van der Waals surface area contributed by atoms with Crippen LogP contribution in [0, 0.1) is 13.8 Å². The third-order valence-corrected chi connectivity index (χ3v) is 5.12. The Balaban J connectivity index is 2.70. The maximum Gasteiger partial charge on any atom is 0.147 e. The fraction of sp³-hybridized carbons (Fsp3) is 0.538. The van der Waals surface area contributed by atoms with Crippen LogP contribution in [0.15, 0.2) is 16.6 Å². The van der Waals surface area contributed by atoms with Crippen LogP contribution in [0.4, 0.5) is 0 Å². The van der Waals surface area contributed by atoms with E-state index in [1.807, 2.05) is 26.0 Å². The molecule has 0 fully saturated rings. The zero-order valence-electron chi connectivity index (χ0n) is 10.9. The summed E-state index contributed by atoms with van der Waals surface area (Å²) < 4.78 is 23.1. The van der Waals surface area contributed by atoms with E-state index in [0.29, 0.717) is 12.8 Å². The van der Waals surface area contributed by atoms with Gasteiger partial charge in [0.25, 0.3) is 0 Å². The molecule has 0 aliphatic carbocycles. The van der Waals surface area contributed by atoms with E-state index in [1.54, 1.807) is 0 Å². The monoisotopic (exact) mass is 334 g/mol. The second-order valence-electron chi connectivity index (χ2n) is 4.76. The molecule has 0 spiro atoms. The lowest BCUT2D eigenvalue weighted by Gasteiger charge is -2.14. The number of hydrogen-bond donors (Lipinski definition) is 1. The molecule has 0 aliphatic heterocycles. The summed E-state index contributed by atoms with van der Waals surface area (Å²) in [5, 5.41) is 10.0. The number of hydrogen-bond acceptors (Lipinski definition) is 3. The van der Waals surface area contributed by atoms with Gasteiger partial charge in [-0.05, 0) is 43.4 Å². The number of aliphatic hydroxyl groups excluding tert-OH is 1. The Bertz CT molecular complexity index is 500. The fourth-order valence-corrected chi connectivity index (χ4v) is 2.80. The van der Waals surface area contributed by atoms with Crippen molar-refractivity contribution in [2.75, 3.05) is 12.0 Å². The van der Waals surface area contributed by atoms with Gasteiger partial charge in [-0.3, -0.25) is 0 Å². The molecule has 0 aromatic heterocycles. The van der Waals surface area contributed by atoms with Crippen LogP contribution < -0.4 is 0 Å². The lowest BCUT2D eigenvalue weighted by atomic mass is 10.0. The lowest BCUT2D eigenvalue weighted by molar-refractivity contribution is 0.166. The predicted molar refractivity (Wildman–Crippen MR) is 77.5 cm³/mol. The molecule has 0 amide bonds. The average molecular weight is 335 g/mol. The molecule has 102 valence electrons. The zero-order chi connectivity index (χ0) is 13.9. The lowest BCUT2D eigenvalue weighted by Crippen LogP contribution is -2.06. The highest BCUT2D eigenvalue weighted by molar-refractivity contribution is 9.10. The van der Waals surface area contributed by atoms with Crippen LogP contribution in [0.2, 0.25) is 0 Å². The van der Waals surface area contributed by atoms with Crippen LogP contribution in [0.25, 0.3) is 0 Å². The third-order valence-electron chi connectivity index (χ3n) is 2.84. The highest BCUT2D eigenvalue weighted by Gasteiger charge is 2.12. The Labute approximate surface area is 117 Å². The summed E-state index contributed by atoms with van der Waals surface area (Å²) in [5.41, 5.74) is 3.00. The van der Waals surface area contributed by atoms with Gasteiger partial charge < -0.3 is 5.11 Å². The number of aryl methyl sites for hydroxylation is 2. The summed E-state index contributed by atoms with van der Waals surface area (Å²) in [6.07, 6.45) is 1.56. The Morgan fingerprint density at radius 2 is 1.78 bits per heavy atom. The van der Waals surface area contributed by atoms with Crippen molar-refractivity contribution < 1.29 is 13.5 Å². The van der Waals surface area contributed by atoms with E-state index in [-0.39, 0.29) is 5.75 Å². The van der Waals surface area contributed by atoms with Crippen molar-refractivity contribution in [3.63, 3.8) is 0 Å². The molecule has 0 saturated heterocycles. The SMILES string of the molecule is Cc1cc(C(O)CCCS(C)(=O)=O)cc(C)c1Br. The fourth-order valence-electron chi connectivity index (χ4n) is 1.88. The maximum absolute atomic E-state index is 11.0. The van der Waals surface area contributed by atoms with Gasteiger partial charge in [-0.15, -0.1) is 0 Å². The van der Waals surface area contributed by atoms with Crippen LogP contribution in [0.1, 0.15) is 35.6 Å². The van der Waals surface area contributed by atoms with Crippen LogP contribution in [0.3, 0.4) is 0 Å². The van der Waals surface area contributed by atoms with Crippen molar-refractivity contribution >= 4 is 25.8 Å². The molecule has 0 radical (unpaired) electrons. The molecule has 1 rings (SSSR count). The molecule has 0 aliphatic rings. The van der Waals surface area contributed by atoms with Crippen LogP contribution in [0.5, 0.6) is 0 Å². The summed E-state index contributed by atoms with van der Waals surface area (Å²) in [4.78, 5) is 0. The van der Waals surface area contributed by atoms with E-state index in [0.717, 1.165) is 21.2 Å². The van der Waals surface area contributed by atoms with Gasteiger partial charge in [-0.25, -0.2) is 8.42 Å². The van der Waals surface area contributed by atoms with Crippen molar-refractivity contribution in [3.8, 4) is 0 Å². The number of sulfone groups is 1. The Kier molecular flexibility index (Phi) is 5.37. The van der Waals surface area contributed by atoms with Gasteiger partial charge in [-0.2, -0.15) is 0 Å². The normalized spacial score (nSPS) is 13.6. The van der Waals surface area contributed by atoms with E-state index in [2.05, 4.69) is 15.9 Å². The number of benzene rings is 1. The summed E-state index contributed by atoms with van der Waals surface area (Å²) in [6, 6.07) is 3.87. The molecule has 1 aromatic rings. The van der Waals surface area contributed by atoms with Crippen molar-refractivity contribution in [1.29, 1.82) is 0 Å². The quantitative estimate of drug-likeness (QED) is 0.900. The van der Waals surface area contributed by atoms with Gasteiger partial charge >= 0.3 is 0 Å². The summed E-state index contributed by atoms with van der Waals surface area (Å²) in [7, 11) is -2.94. The maximum atomic E-state index is 11.0. The molecule has 18 heavy (non-hydrogen) atoms. The molecule has 0 saturated carbocycles. The highest BCUT2D eigenvalue weighted by Crippen LogP contribution is 2.27. The summed E-state index contributed by atoms with van der Waals surface area (Å²) in [6.45, 7) is 3.95. The Morgan fingerprint density at radius 1 is 1.28 bits per heavy atom.